The molecule has 1 N–H and O–H groups in total. The summed E-state index contributed by atoms with van der Waals surface area (Å²) in [6.45, 7) is 12.4. The molecule has 1 saturated heterocycles. The van der Waals surface area contributed by atoms with Crippen molar-refractivity contribution in [3.63, 3.8) is 0 Å². The fourth-order valence-corrected chi connectivity index (χ4v) is 4.50. The molecule has 1 atom stereocenters. The van der Waals surface area contributed by atoms with Gasteiger partial charge in [-0.1, -0.05) is 19.1 Å². The molecular formula is C27H36N4O3. The maximum absolute atomic E-state index is 12.3. The average Bonchev–Trinajstić information content (AvgIpc) is 3.21. The monoisotopic (exact) mass is 464 g/mol. The molecule has 1 amide bonds. The number of aromatic nitrogens is 3. The first kappa shape index (κ1) is 24.2. The Balaban J connectivity index is 1.60. The molecule has 7 heteroatoms. The summed E-state index contributed by atoms with van der Waals surface area (Å²) < 4.78 is 13.4. The molecule has 1 fully saturated rings. The van der Waals surface area contributed by atoms with E-state index in [1.807, 2.05) is 63.8 Å². The third-order valence-electron chi connectivity index (χ3n) is 6.25. The van der Waals surface area contributed by atoms with Crippen molar-refractivity contribution in [3.8, 4) is 11.3 Å². The first-order valence-corrected chi connectivity index (χ1v) is 12.2. The fraction of sp³-hybridized carbons (Fsp3) is 0.519. The maximum Gasteiger partial charge on any atom is 0.408 e. The van der Waals surface area contributed by atoms with Gasteiger partial charge in [0, 0.05) is 23.8 Å². The van der Waals surface area contributed by atoms with Crippen molar-refractivity contribution in [3.05, 3.63) is 47.8 Å². The number of fused-ring (bicyclic) bond motifs is 1. The van der Waals surface area contributed by atoms with Crippen LogP contribution in [0.1, 0.15) is 78.2 Å². The molecule has 1 aromatic carbocycles. The summed E-state index contributed by atoms with van der Waals surface area (Å²) in [7, 11) is 0. The summed E-state index contributed by atoms with van der Waals surface area (Å²) in [5.74, 6) is 0. The number of pyridine rings is 1. The molecule has 0 bridgehead atoms. The summed E-state index contributed by atoms with van der Waals surface area (Å²) in [6.07, 6.45) is 7.51. The van der Waals surface area contributed by atoms with Crippen LogP contribution in [0, 0.1) is 0 Å². The van der Waals surface area contributed by atoms with E-state index < -0.39 is 17.2 Å². The second-order valence-electron chi connectivity index (χ2n) is 10.5. The zero-order chi connectivity index (χ0) is 24.5. The number of alkyl carbamates (subject to hydrolysis) is 1. The van der Waals surface area contributed by atoms with Crippen LogP contribution in [-0.2, 0) is 21.4 Å². The normalized spacial score (nSPS) is 17.1. The highest BCUT2D eigenvalue weighted by Crippen LogP contribution is 2.33. The predicted octanol–water partition coefficient (Wildman–Crippen LogP) is 6.12. The summed E-state index contributed by atoms with van der Waals surface area (Å²) in [5, 5.41) is 8.77. The number of ether oxygens (including phenoxy) is 2. The van der Waals surface area contributed by atoms with E-state index in [1.165, 1.54) is 12.0 Å². The van der Waals surface area contributed by atoms with Gasteiger partial charge < -0.3 is 14.8 Å². The van der Waals surface area contributed by atoms with Crippen LogP contribution in [0.2, 0.25) is 0 Å². The van der Waals surface area contributed by atoms with E-state index in [9.17, 15) is 4.79 Å². The number of aryl methyl sites for hydroxylation is 1. The van der Waals surface area contributed by atoms with Crippen molar-refractivity contribution in [2.45, 2.75) is 84.6 Å². The van der Waals surface area contributed by atoms with Crippen LogP contribution < -0.4 is 5.32 Å². The highest BCUT2D eigenvalue weighted by Gasteiger charge is 2.27. The Morgan fingerprint density at radius 3 is 2.56 bits per heavy atom. The summed E-state index contributed by atoms with van der Waals surface area (Å²) >= 11 is 0. The van der Waals surface area contributed by atoms with Gasteiger partial charge in [0.1, 0.15) is 5.60 Å². The summed E-state index contributed by atoms with van der Waals surface area (Å²) in [5.41, 5.74) is 4.07. The van der Waals surface area contributed by atoms with Gasteiger partial charge in [-0.25, -0.2) is 9.48 Å². The van der Waals surface area contributed by atoms with Crippen molar-refractivity contribution >= 4 is 17.0 Å². The molecule has 1 aliphatic rings. The maximum atomic E-state index is 12.3. The minimum Gasteiger partial charge on any atom is -0.444 e. The lowest BCUT2D eigenvalue weighted by atomic mass is 9.94. The van der Waals surface area contributed by atoms with Gasteiger partial charge in [-0.2, -0.15) is 5.10 Å². The number of nitrogens with zero attached hydrogens (tertiary/aromatic N) is 3. The molecule has 1 unspecified atom stereocenters. The van der Waals surface area contributed by atoms with Gasteiger partial charge in [0.15, 0.2) is 6.23 Å². The third kappa shape index (κ3) is 5.09. The second-order valence-corrected chi connectivity index (χ2v) is 10.5. The van der Waals surface area contributed by atoms with Crippen LogP contribution in [0.3, 0.4) is 0 Å². The molecule has 4 rings (SSSR count). The lowest BCUT2D eigenvalue weighted by Crippen LogP contribution is -2.43. The molecule has 0 saturated carbocycles. The van der Waals surface area contributed by atoms with Crippen LogP contribution in [0.15, 0.2) is 36.7 Å². The minimum absolute atomic E-state index is 0.0129. The number of hydrogen-bond acceptors (Lipinski definition) is 5. The van der Waals surface area contributed by atoms with Crippen molar-refractivity contribution in [2.24, 2.45) is 0 Å². The van der Waals surface area contributed by atoms with Crippen molar-refractivity contribution < 1.29 is 14.3 Å². The number of amides is 1. The number of carbonyl (C=O) groups excluding carboxylic acids is 1. The van der Waals surface area contributed by atoms with Gasteiger partial charge >= 0.3 is 6.09 Å². The van der Waals surface area contributed by atoms with E-state index in [0.717, 1.165) is 53.6 Å². The molecule has 7 nitrogen and oxygen atoms in total. The fourth-order valence-electron chi connectivity index (χ4n) is 4.50. The van der Waals surface area contributed by atoms with Crippen LogP contribution in [0.5, 0.6) is 0 Å². The zero-order valence-electron chi connectivity index (χ0n) is 21.1. The quantitative estimate of drug-likeness (QED) is 0.492. The molecule has 3 aromatic rings. The van der Waals surface area contributed by atoms with E-state index in [2.05, 4.69) is 29.5 Å². The van der Waals surface area contributed by atoms with Gasteiger partial charge in [-0.15, -0.1) is 0 Å². The Hall–Kier alpha value is -2.93. The minimum atomic E-state index is -0.619. The molecule has 182 valence electrons. The SMILES string of the molecule is CCc1c(-c2ccc(C(C)(C)NC(=O)OC(C)(C)C)cn2)ccc2c1cnn2C1CCCCO1. The van der Waals surface area contributed by atoms with Crippen LogP contribution in [-0.4, -0.2) is 33.1 Å². The number of hydrogen-bond donors (Lipinski definition) is 1. The average molecular weight is 465 g/mol. The Morgan fingerprint density at radius 1 is 1.15 bits per heavy atom. The van der Waals surface area contributed by atoms with Gasteiger partial charge in [0.2, 0.25) is 0 Å². The first-order chi connectivity index (χ1) is 16.1. The smallest absolute Gasteiger partial charge is 0.408 e. The topological polar surface area (TPSA) is 78.3 Å². The second kappa shape index (κ2) is 9.37. The van der Waals surface area contributed by atoms with E-state index in [0.29, 0.717) is 0 Å². The van der Waals surface area contributed by atoms with E-state index in [1.54, 1.807) is 0 Å². The Morgan fingerprint density at radius 2 is 1.94 bits per heavy atom. The van der Waals surface area contributed by atoms with Crippen LogP contribution in [0.4, 0.5) is 4.79 Å². The molecule has 0 spiro atoms. The van der Waals surface area contributed by atoms with Crippen LogP contribution >= 0.6 is 0 Å². The first-order valence-electron chi connectivity index (χ1n) is 12.2. The number of carbonyl (C=O) groups is 1. The van der Waals surface area contributed by atoms with Crippen molar-refractivity contribution in [1.29, 1.82) is 0 Å². The third-order valence-corrected chi connectivity index (χ3v) is 6.25. The number of benzene rings is 1. The van der Waals surface area contributed by atoms with Gasteiger partial charge in [-0.05, 0) is 83.6 Å². The van der Waals surface area contributed by atoms with Crippen molar-refractivity contribution in [2.75, 3.05) is 6.61 Å². The zero-order valence-corrected chi connectivity index (χ0v) is 21.1. The van der Waals surface area contributed by atoms with Crippen LogP contribution in [0.25, 0.3) is 22.2 Å². The summed E-state index contributed by atoms with van der Waals surface area (Å²) in [6, 6.07) is 8.29. The largest absolute Gasteiger partial charge is 0.444 e. The summed E-state index contributed by atoms with van der Waals surface area (Å²) in [4.78, 5) is 17.1. The molecule has 0 radical (unpaired) electrons. The lowest BCUT2D eigenvalue weighted by molar-refractivity contribution is -0.0366. The Labute approximate surface area is 201 Å². The molecule has 0 aliphatic carbocycles. The molecule has 3 heterocycles. The molecule has 1 aliphatic heterocycles. The molecular weight excluding hydrogens is 428 g/mol. The lowest BCUT2D eigenvalue weighted by Gasteiger charge is -2.29. The molecule has 2 aromatic heterocycles. The van der Waals surface area contributed by atoms with Gasteiger partial charge in [0.05, 0.1) is 22.9 Å². The van der Waals surface area contributed by atoms with E-state index in [-0.39, 0.29) is 6.23 Å². The van der Waals surface area contributed by atoms with Crippen molar-refractivity contribution in [1.82, 2.24) is 20.1 Å². The highest BCUT2D eigenvalue weighted by molar-refractivity contribution is 5.89. The standard InChI is InChI=1S/C27H36N4O3/c1-7-19-20(12-14-23-21(19)17-29-31(23)24-10-8-9-15-33-24)22-13-11-18(16-28-22)27(5,6)30-25(32)34-26(2,3)4/h11-14,16-17,24H,7-10,15H2,1-6H3,(H,30,32). The number of rotatable bonds is 5. The van der Waals surface area contributed by atoms with Gasteiger partial charge in [0.25, 0.3) is 0 Å². The Kier molecular flexibility index (Phi) is 6.67. The Bertz CT molecular complexity index is 1150. The van der Waals surface area contributed by atoms with E-state index in [4.69, 9.17) is 14.5 Å². The van der Waals surface area contributed by atoms with Gasteiger partial charge in [-0.3, -0.25) is 4.98 Å². The number of nitrogens with one attached hydrogen (secondary N) is 1. The highest BCUT2D eigenvalue weighted by atomic mass is 16.6. The predicted molar refractivity (Wildman–Crippen MR) is 134 cm³/mol. The molecule has 34 heavy (non-hydrogen) atoms. The van der Waals surface area contributed by atoms with E-state index >= 15 is 0 Å².